The van der Waals surface area contributed by atoms with Gasteiger partial charge in [0.2, 0.25) is 0 Å². The summed E-state index contributed by atoms with van der Waals surface area (Å²) in [5, 5.41) is 5.94. The average molecular weight is 252 g/mol. The van der Waals surface area contributed by atoms with Gasteiger partial charge in [0.25, 0.3) is 0 Å². The van der Waals surface area contributed by atoms with Crippen molar-refractivity contribution in [1.29, 1.82) is 0 Å². The molecule has 86 valence electrons. The third kappa shape index (κ3) is 2.76. The molecule has 0 atom stereocenters. The maximum atomic E-state index is 13.0. The Morgan fingerprint density at radius 3 is 2.88 bits per heavy atom. The van der Waals surface area contributed by atoms with E-state index in [4.69, 9.17) is 11.6 Å². The summed E-state index contributed by atoms with van der Waals surface area (Å²) in [5.74, 6) is -0.0452. The number of benzene rings is 1. The molecule has 4 nitrogen and oxygen atoms in total. The average Bonchev–Trinajstić information content (AvgIpc) is 2.34. The van der Waals surface area contributed by atoms with E-state index in [2.05, 4.69) is 15.5 Å². The van der Waals surface area contributed by atoms with E-state index in [0.717, 1.165) is 0 Å². The second-order valence-electron chi connectivity index (χ2n) is 3.24. The van der Waals surface area contributed by atoms with Crippen molar-refractivity contribution in [3.05, 3.63) is 52.3 Å². The van der Waals surface area contributed by atoms with Crippen LogP contribution in [0.1, 0.15) is 0 Å². The lowest BCUT2D eigenvalue weighted by atomic mass is 10.3. The van der Waals surface area contributed by atoms with Gasteiger partial charge in [-0.2, -0.15) is 0 Å². The highest BCUT2D eigenvalue weighted by Crippen LogP contribution is 2.26. The molecule has 2 rings (SSSR count). The minimum absolute atomic E-state index is 0.232. The molecule has 1 heterocycles. The predicted octanol–water partition coefficient (Wildman–Crippen LogP) is 4.02. The van der Waals surface area contributed by atoms with E-state index in [-0.39, 0.29) is 5.69 Å². The molecule has 0 saturated carbocycles. The molecule has 6 heteroatoms. The quantitative estimate of drug-likeness (QED) is 0.839. The highest BCUT2D eigenvalue weighted by molar-refractivity contribution is 6.33. The molecule has 1 aromatic heterocycles. The summed E-state index contributed by atoms with van der Waals surface area (Å²) in [5.41, 5.74) is 0.609. The van der Waals surface area contributed by atoms with Gasteiger partial charge >= 0.3 is 0 Å². The highest BCUT2D eigenvalue weighted by Gasteiger charge is 2.04. The third-order valence-electron chi connectivity index (χ3n) is 2.04. The van der Waals surface area contributed by atoms with Gasteiger partial charge in [0.05, 0.1) is 10.7 Å². The zero-order valence-electron chi connectivity index (χ0n) is 8.52. The van der Waals surface area contributed by atoms with Crippen LogP contribution in [0.2, 0.25) is 5.02 Å². The SMILES string of the molecule is O=Nc1ccnc(Nc2cc(F)ccc2Cl)c1. The standard InChI is InChI=1S/C11H7ClFN3O/c12-9-2-1-7(13)5-10(9)15-11-6-8(16-17)3-4-14-11/h1-6H,(H,14,15). The molecule has 1 aromatic carbocycles. The maximum absolute atomic E-state index is 13.0. The molecule has 0 saturated heterocycles. The van der Waals surface area contributed by atoms with Crippen LogP contribution in [0.3, 0.4) is 0 Å². The number of hydrogen-bond donors (Lipinski definition) is 1. The molecule has 0 aliphatic heterocycles. The van der Waals surface area contributed by atoms with Crippen LogP contribution in [0.15, 0.2) is 41.7 Å². The molecule has 0 aliphatic carbocycles. The monoisotopic (exact) mass is 251 g/mol. The summed E-state index contributed by atoms with van der Waals surface area (Å²) in [6, 6.07) is 6.83. The van der Waals surface area contributed by atoms with E-state index in [1.807, 2.05) is 0 Å². The number of halogens is 2. The maximum Gasteiger partial charge on any atom is 0.132 e. The fraction of sp³-hybridized carbons (Fsp3) is 0. The molecule has 0 unspecified atom stereocenters. The van der Waals surface area contributed by atoms with Crippen LogP contribution in [-0.4, -0.2) is 4.98 Å². The first kappa shape index (κ1) is 11.5. The molecule has 0 bridgehead atoms. The van der Waals surface area contributed by atoms with Crippen molar-refractivity contribution in [2.75, 3.05) is 5.32 Å². The van der Waals surface area contributed by atoms with Crippen molar-refractivity contribution in [1.82, 2.24) is 4.98 Å². The molecule has 1 N–H and O–H groups in total. The Hall–Kier alpha value is -2.01. The molecule has 0 radical (unpaired) electrons. The van der Waals surface area contributed by atoms with Crippen molar-refractivity contribution in [2.45, 2.75) is 0 Å². The number of nitrogens with one attached hydrogen (secondary N) is 1. The number of nitroso groups, excluding NO2 is 1. The van der Waals surface area contributed by atoms with Gasteiger partial charge in [-0.05, 0) is 29.4 Å². The molecular weight excluding hydrogens is 245 g/mol. The van der Waals surface area contributed by atoms with E-state index in [1.54, 1.807) is 0 Å². The highest BCUT2D eigenvalue weighted by atomic mass is 35.5. The van der Waals surface area contributed by atoms with E-state index >= 15 is 0 Å². The zero-order chi connectivity index (χ0) is 12.3. The number of aromatic nitrogens is 1. The van der Waals surface area contributed by atoms with Crippen LogP contribution in [0.4, 0.5) is 21.6 Å². The summed E-state index contributed by atoms with van der Waals surface area (Å²) in [4.78, 5) is 14.3. The van der Waals surface area contributed by atoms with Crippen molar-refractivity contribution in [2.24, 2.45) is 5.18 Å². The van der Waals surface area contributed by atoms with Gasteiger partial charge in [-0.15, -0.1) is 4.91 Å². The Bertz CT molecular complexity index is 562. The van der Waals surface area contributed by atoms with Gasteiger partial charge in [0.15, 0.2) is 0 Å². The summed E-state index contributed by atoms with van der Waals surface area (Å²) in [6.07, 6.45) is 1.42. The van der Waals surface area contributed by atoms with Crippen molar-refractivity contribution in [3.8, 4) is 0 Å². The van der Waals surface area contributed by atoms with Gasteiger partial charge in [-0.1, -0.05) is 11.6 Å². The number of rotatable bonds is 3. The predicted molar refractivity (Wildman–Crippen MR) is 64.4 cm³/mol. The van der Waals surface area contributed by atoms with Gasteiger partial charge in [-0.3, -0.25) is 0 Å². The van der Waals surface area contributed by atoms with Crippen molar-refractivity contribution in [3.63, 3.8) is 0 Å². The van der Waals surface area contributed by atoms with Crippen LogP contribution in [0, 0.1) is 10.7 Å². The zero-order valence-corrected chi connectivity index (χ0v) is 9.28. The minimum Gasteiger partial charge on any atom is -0.339 e. The molecule has 0 spiro atoms. The second kappa shape index (κ2) is 4.88. The number of hydrogen-bond acceptors (Lipinski definition) is 4. The van der Waals surface area contributed by atoms with Gasteiger partial charge in [-0.25, -0.2) is 9.37 Å². The topological polar surface area (TPSA) is 54.4 Å². The summed E-state index contributed by atoms with van der Waals surface area (Å²) in [7, 11) is 0. The first-order chi connectivity index (χ1) is 8.19. The Kier molecular flexibility index (Phi) is 3.30. The van der Waals surface area contributed by atoms with E-state index < -0.39 is 5.82 Å². The molecule has 0 amide bonds. The number of anilines is 2. The summed E-state index contributed by atoms with van der Waals surface area (Å²) < 4.78 is 13.0. The fourth-order valence-electron chi connectivity index (χ4n) is 1.28. The molecule has 0 aliphatic rings. The van der Waals surface area contributed by atoms with Crippen molar-refractivity contribution >= 4 is 28.8 Å². The first-order valence-electron chi connectivity index (χ1n) is 4.70. The van der Waals surface area contributed by atoms with E-state index in [9.17, 15) is 9.30 Å². The Balaban J connectivity index is 2.30. The van der Waals surface area contributed by atoms with Gasteiger partial charge in [0.1, 0.15) is 17.3 Å². The molecule has 0 fully saturated rings. The van der Waals surface area contributed by atoms with Crippen LogP contribution < -0.4 is 5.32 Å². The smallest absolute Gasteiger partial charge is 0.132 e. The summed E-state index contributed by atoms with van der Waals surface area (Å²) >= 11 is 5.88. The van der Waals surface area contributed by atoms with Crippen molar-refractivity contribution < 1.29 is 4.39 Å². The number of pyridine rings is 1. The molecular formula is C11H7ClFN3O. The van der Waals surface area contributed by atoms with Gasteiger partial charge in [0, 0.05) is 12.3 Å². The lowest BCUT2D eigenvalue weighted by Gasteiger charge is -2.07. The fourth-order valence-corrected chi connectivity index (χ4v) is 1.44. The molecule has 2 aromatic rings. The summed E-state index contributed by atoms with van der Waals surface area (Å²) in [6.45, 7) is 0. The lowest BCUT2D eigenvalue weighted by molar-refractivity contribution is 0.628. The Labute approximate surface area is 101 Å². The first-order valence-corrected chi connectivity index (χ1v) is 5.08. The molecule has 17 heavy (non-hydrogen) atoms. The van der Waals surface area contributed by atoms with Crippen LogP contribution in [0.5, 0.6) is 0 Å². The lowest BCUT2D eigenvalue weighted by Crippen LogP contribution is -1.94. The van der Waals surface area contributed by atoms with Crippen LogP contribution in [-0.2, 0) is 0 Å². The van der Waals surface area contributed by atoms with Crippen LogP contribution >= 0.6 is 11.6 Å². The van der Waals surface area contributed by atoms with E-state index in [0.29, 0.717) is 16.5 Å². The normalized spacial score (nSPS) is 10.0. The number of nitrogens with zero attached hydrogens (tertiary/aromatic N) is 2. The largest absolute Gasteiger partial charge is 0.339 e. The van der Waals surface area contributed by atoms with Crippen LogP contribution in [0.25, 0.3) is 0 Å². The third-order valence-corrected chi connectivity index (χ3v) is 2.37. The minimum atomic E-state index is -0.415. The Morgan fingerprint density at radius 1 is 1.29 bits per heavy atom. The van der Waals surface area contributed by atoms with Gasteiger partial charge < -0.3 is 5.32 Å². The Morgan fingerprint density at radius 2 is 2.12 bits per heavy atom. The second-order valence-corrected chi connectivity index (χ2v) is 3.65. The van der Waals surface area contributed by atoms with E-state index in [1.165, 1.54) is 36.5 Å².